The van der Waals surface area contributed by atoms with Gasteiger partial charge in [0.15, 0.2) is 0 Å². The van der Waals surface area contributed by atoms with Crippen molar-refractivity contribution in [1.82, 2.24) is 4.98 Å². The van der Waals surface area contributed by atoms with Crippen molar-refractivity contribution in [1.29, 1.82) is 0 Å². The number of rotatable bonds is 3. The van der Waals surface area contributed by atoms with Crippen molar-refractivity contribution >= 4 is 21.7 Å². The number of aromatic nitrogens is 1. The van der Waals surface area contributed by atoms with E-state index in [-0.39, 0.29) is 6.10 Å². The van der Waals surface area contributed by atoms with Gasteiger partial charge >= 0.3 is 0 Å². The number of aliphatic hydroxyl groups is 1. The number of nitrogens with zero attached hydrogens (tertiary/aromatic N) is 1. The molecule has 0 saturated carbocycles. The number of halogens is 1. The molecule has 4 nitrogen and oxygen atoms in total. The predicted molar refractivity (Wildman–Crippen MR) is 70.1 cm³/mol. The van der Waals surface area contributed by atoms with Crippen LogP contribution in [0.25, 0.3) is 0 Å². The van der Waals surface area contributed by atoms with Crippen molar-refractivity contribution in [3.63, 3.8) is 0 Å². The van der Waals surface area contributed by atoms with Gasteiger partial charge in [-0.05, 0) is 41.4 Å². The van der Waals surface area contributed by atoms with Crippen molar-refractivity contribution in [3.05, 3.63) is 22.3 Å². The smallest absolute Gasteiger partial charge is 0.140 e. The van der Waals surface area contributed by atoms with Gasteiger partial charge in [0.25, 0.3) is 0 Å². The average molecular weight is 301 g/mol. The highest BCUT2D eigenvalue weighted by Gasteiger charge is 2.39. The van der Waals surface area contributed by atoms with Crippen LogP contribution in [0.2, 0.25) is 0 Å². The molecule has 2 atom stereocenters. The molecule has 1 aliphatic heterocycles. The number of pyridine rings is 1. The minimum Gasteiger partial charge on any atom is -0.385 e. The summed E-state index contributed by atoms with van der Waals surface area (Å²) in [4.78, 5) is 4.25. The zero-order valence-electron chi connectivity index (χ0n) is 10.0. The van der Waals surface area contributed by atoms with E-state index < -0.39 is 5.60 Å². The number of hydrogen-bond acceptors (Lipinski definition) is 4. The van der Waals surface area contributed by atoms with Crippen molar-refractivity contribution in [2.45, 2.75) is 32.0 Å². The van der Waals surface area contributed by atoms with Gasteiger partial charge < -0.3 is 15.2 Å². The normalized spacial score (nSPS) is 28.4. The Labute approximate surface area is 110 Å². The van der Waals surface area contributed by atoms with Crippen LogP contribution in [0.5, 0.6) is 0 Å². The van der Waals surface area contributed by atoms with E-state index in [0.717, 1.165) is 15.9 Å². The van der Waals surface area contributed by atoms with E-state index in [1.165, 1.54) is 0 Å². The van der Waals surface area contributed by atoms with E-state index in [4.69, 9.17) is 4.74 Å². The third-order valence-electron chi connectivity index (χ3n) is 3.30. The van der Waals surface area contributed by atoms with E-state index in [0.29, 0.717) is 19.6 Å². The third kappa shape index (κ3) is 2.61. The fraction of sp³-hybridized carbons (Fsp3) is 0.583. The molecule has 2 rings (SSSR count). The first-order valence-corrected chi connectivity index (χ1v) is 6.51. The van der Waals surface area contributed by atoms with Gasteiger partial charge in [-0.15, -0.1) is 0 Å². The lowest BCUT2D eigenvalue weighted by molar-refractivity contribution is -0.0176. The van der Waals surface area contributed by atoms with Crippen LogP contribution in [0.15, 0.2) is 16.7 Å². The summed E-state index contributed by atoms with van der Waals surface area (Å²) in [6.07, 6.45) is 2.27. The molecule has 2 N–H and O–H groups in total. The lowest BCUT2D eigenvalue weighted by atomic mass is 9.97. The van der Waals surface area contributed by atoms with Crippen LogP contribution in [-0.4, -0.2) is 34.9 Å². The van der Waals surface area contributed by atoms with Crippen molar-refractivity contribution in [3.8, 4) is 0 Å². The number of ether oxygens (including phenoxy) is 1. The Hall–Kier alpha value is -0.650. The molecular formula is C12H17BrN2O2. The van der Waals surface area contributed by atoms with Crippen molar-refractivity contribution < 1.29 is 9.84 Å². The molecule has 0 aliphatic carbocycles. The van der Waals surface area contributed by atoms with Crippen LogP contribution >= 0.6 is 15.9 Å². The zero-order valence-corrected chi connectivity index (χ0v) is 11.6. The Morgan fingerprint density at radius 1 is 1.71 bits per heavy atom. The summed E-state index contributed by atoms with van der Waals surface area (Å²) in [6.45, 7) is 4.96. The van der Waals surface area contributed by atoms with Crippen LogP contribution in [0.4, 0.5) is 5.82 Å². The summed E-state index contributed by atoms with van der Waals surface area (Å²) in [5.41, 5.74) is 0.315. The monoisotopic (exact) mass is 300 g/mol. The molecule has 94 valence electrons. The molecule has 1 aromatic rings. The molecule has 2 heterocycles. The van der Waals surface area contributed by atoms with E-state index in [1.807, 2.05) is 19.9 Å². The SMILES string of the molecule is Cc1ccnc(NCC2(O)CCOC2C)c1Br. The molecule has 0 spiro atoms. The predicted octanol–water partition coefficient (Wildman–Crippen LogP) is 2.10. The standard InChI is InChI=1S/C12H17BrN2O2/c1-8-3-5-14-11(10(8)13)15-7-12(16)4-6-17-9(12)2/h3,5,9,16H,4,6-7H2,1-2H3,(H,14,15). The fourth-order valence-corrected chi connectivity index (χ4v) is 2.28. The molecule has 0 amide bonds. The number of anilines is 1. The van der Waals surface area contributed by atoms with Gasteiger partial charge in [-0.1, -0.05) is 0 Å². The number of hydrogen-bond donors (Lipinski definition) is 2. The Morgan fingerprint density at radius 2 is 2.47 bits per heavy atom. The molecule has 0 aromatic carbocycles. The highest BCUT2D eigenvalue weighted by Crippen LogP contribution is 2.28. The van der Waals surface area contributed by atoms with Gasteiger partial charge in [-0.2, -0.15) is 0 Å². The lowest BCUT2D eigenvalue weighted by Crippen LogP contribution is -2.43. The summed E-state index contributed by atoms with van der Waals surface area (Å²) in [6, 6.07) is 1.94. The summed E-state index contributed by atoms with van der Waals surface area (Å²) in [5.74, 6) is 0.762. The topological polar surface area (TPSA) is 54.4 Å². The number of nitrogens with one attached hydrogen (secondary N) is 1. The molecule has 1 aliphatic rings. The summed E-state index contributed by atoms with van der Waals surface area (Å²) in [7, 11) is 0. The van der Waals surface area contributed by atoms with Crippen LogP contribution in [0, 0.1) is 6.92 Å². The van der Waals surface area contributed by atoms with Gasteiger partial charge in [-0.3, -0.25) is 0 Å². The zero-order chi connectivity index (χ0) is 12.5. The average Bonchev–Trinajstić information content (AvgIpc) is 2.62. The minimum absolute atomic E-state index is 0.140. The Kier molecular flexibility index (Phi) is 3.70. The first-order valence-electron chi connectivity index (χ1n) is 5.72. The molecular weight excluding hydrogens is 284 g/mol. The second kappa shape index (κ2) is 4.92. The highest BCUT2D eigenvalue weighted by molar-refractivity contribution is 9.10. The summed E-state index contributed by atoms with van der Waals surface area (Å²) in [5, 5.41) is 13.5. The quantitative estimate of drug-likeness (QED) is 0.898. The van der Waals surface area contributed by atoms with Gasteiger partial charge in [-0.25, -0.2) is 4.98 Å². The lowest BCUT2D eigenvalue weighted by Gasteiger charge is -2.26. The molecule has 1 aromatic heterocycles. The van der Waals surface area contributed by atoms with Gasteiger partial charge in [0.05, 0.1) is 10.6 Å². The van der Waals surface area contributed by atoms with Crippen LogP contribution < -0.4 is 5.32 Å². The first kappa shape index (κ1) is 12.8. The van der Waals surface area contributed by atoms with Crippen LogP contribution in [0.3, 0.4) is 0 Å². The summed E-state index contributed by atoms with van der Waals surface area (Å²) < 4.78 is 6.33. The van der Waals surface area contributed by atoms with Crippen LogP contribution in [0.1, 0.15) is 18.9 Å². The fourth-order valence-electron chi connectivity index (χ4n) is 1.90. The maximum Gasteiger partial charge on any atom is 0.140 e. The molecule has 1 fully saturated rings. The van der Waals surface area contributed by atoms with Crippen molar-refractivity contribution in [2.75, 3.05) is 18.5 Å². The van der Waals surface area contributed by atoms with E-state index in [1.54, 1.807) is 6.20 Å². The molecule has 0 radical (unpaired) electrons. The summed E-state index contributed by atoms with van der Waals surface area (Å²) >= 11 is 3.48. The molecule has 1 saturated heterocycles. The second-order valence-corrected chi connectivity index (χ2v) is 5.30. The first-order chi connectivity index (χ1) is 8.03. The second-order valence-electron chi connectivity index (χ2n) is 4.51. The largest absolute Gasteiger partial charge is 0.385 e. The minimum atomic E-state index is -0.801. The highest BCUT2D eigenvalue weighted by atomic mass is 79.9. The maximum absolute atomic E-state index is 10.4. The molecule has 17 heavy (non-hydrogen) atoms. The van der Waals surface area contributed by atoms with Crippen molar-refractivity contribution in [2.24, 2.45) is 0 Å². The Morgan fingerprint density at radius 3 is 3.12 bits per heavy atom. The Balaban J connectivity index is 2.05. The Bertz CT molecular complexity index is 413. The van der Waals surface area contributed by atoms with E-state index in [2.05, 4.69) is 26.2 Å². The maximum atomic E-state index is 10.4. The third-order valence-corrected chi connectivity index (χ3v) is 4.30. The molecule has 2 unspecified atom stereocenters. The molecule has 0 bridgehead atoms. The van der Waals surface area contributed by atoms with Gasteiger partial charge in [0.2, 0.25) is 0 Å². The van der Waals surface area contributed by atoms with E-state index >= 15 is 0 Å². The molecule has 5 heteroatoms. The van der Waals surface area contributed by atoms with Gasteiger partial charge in [0, 0.05) is 25.8 Å². The van der Waals surface area contributed by atoms with Gasteiger partial charge in [0.1, 0.15) is 11.4 Å². The van der Waals surface area contributed by atoms with E-state index in [9.17, 15) is 5.11 Å². The van der Waals surface area contributed by atoms with Crippen LogP contribution in [-0.2, 0) is 4.74 Å². The number of aryl methyl sites for hydroxylation is 1.